The van der Waals surface area contributed by atoms with Gasteiger partial charge in [-0.25, -0.2) is 9.97 Å². The fraction of sp³-hybridized carbons (Fsp3) is 0.579. The van der Waals surface area contributed by atoms with Crippen LogP contribution < -0.4 is 5.32 Å². The van der Waals surface area contributed by atoms with Crippen molar-refractivity contribution in [1.82, 2.24) is 15.3 Å². The molecule has 2 aromatic rings. The van der Waals surface area contributed by atoms with E-state index in [-0.39, 0.29) is 5.91 Å². The predicted octanol–water partition coefficient (Wildman–Crippen LogP) is 4.00. The van der Waals surface area contributed by atoms with E-state index in [0.29, 0.717) is 5.75 Å². The van der Waals surface area contributed by atoms with Crippen LogP contribution in [0.2, 0.25) is 0 Å². The highest BCUT2D eigenvalue weighted by molar-refractivity contribution is 8.00. The van der Waals surface area contributed by atoms with E-state index in [0.717, 1.165) is 66.6 Å². The number of fused-ring (bicyclic) bond motifs is 3. The van der Waals surface area contributed by atoms with E-state index in [1.807, 2.05) is 0 Å². The second-order valence-electron chi connectivity index (χ2n) is 7.16. The Morgan fingerprint density at radius 3 is 2.81 bits per heavy atom. The lowest BCUT2D eigenvalue weighted by atomic mass is 9.92. The number of carbonyl (C=O) groups excluding carboxylic acids is 1. The third-order valence-corrected chi connectivity index (χ3v) is 7.55. The third-order valence-electron chi connectivity index (χ3n) is 5.36. The lowest BCUT2D eigenvalue weighted by Crippen LogP contribution is -2.47. The molecule has 26 heavy (non-hydrogen) atoms. The zero-order valence-corrected chi connectivity index (χ0v) is 16.3. The number of nitrogens with zero attached hydrogens (tertiary/aromatic N) is 3. The summed E-state index contributed by atoms with van der Waals surface area (Å²) in [5.74, 6) is 0.220. The second kappa shape index (κ2) is 7.53. The Bertz CT molecular complexity index is 862. The van der Waals surface area contributed by atoms with E-state index in [1.165, 1.54) is 28.6 Å². The van der Waals surface area contributed by atoms with Gasteiger partial charge in [-0.05, 0) is 37.7 Å². The van der Waals surface area contributed by atoms with Gasteiger partial charge in [0.1, 0.15) is 21.7 Å². The summed E-state index contributed by atoms with van der Waals surface area (Å²) >= 11 is 3.23. The zero-order chi connectivity index (χ0) is 18.0. The molecular formula is C19H22N4OS2. The molecular weight excluding hydrogens is 364 g/mol. The molecule has 136 valence electrons. The van der Waals surface area contributed by atoms with Crippen LogP contribution in [0.25, 0.3) is 10.2 Å². The quantitative estimate of drug-likeness (QED) is 0.488. The summed E-state index contributed by atoms with van der Waals surface area (Å²) in [4.78, 5) is 23.9. The summed E-state index contributed by atoms with van der Waals surface area (Å²) in [6.07, 6.45) is 10.8. The van der Waals surface area contributed by atoms with E-state index >= 15 is 0 Å². The van der Waals surface area contributed by atoms with Crippen LogP contribution in [0, 0.1) is 11.3 Å². The number of amides is 1. The first-order valence-corrected chi connectivity index (χ1v) is 11.1. The standard InChI is InChI=1S/C19H22N4OS2/c20-11-19(8-3-1-2-4-9-19)23-15(24)10-25-17-16-13-6-5-7-14(13)26-18(16)22-12-21-17/h12H,1-10H2,(H,23,24). The molecule has 7 heteroatoms. The highest BCUT2D eigenvalue weighted by Crippen LogP contribution is 2.40. The Labute approximate surface area is 161 Å². The number of aryl methyl sites for hydroxylation is 2. The summed E-state index contributed by atoms with van der Waals surface area (Å²) in [5.41, 5.74) is 0.699. The second-order valence-corrected chi connectivity index (χ2v) is 9.21. The first kappa shape index (κ1) is 17.7. The number of nitriles is 1. The van der Waals surface area contributed by atoms with Crippen LogP contribution in [0.5, 0.6) is 0 Å². The molecule has 0 atom stereocenters. The Balaban J connectivity index is 1.46. The van der Waals surface area contributed by atoms with E-state index in [9.17, 15) is 10.1 Å². The van der Waals surface area contributed by atoms with Crippen LogP contribution >= 0.6 is 23.1 Å². The molecule has 2 aliphatic rings. The molecule has 1 amide bonds. The van der Waals surface area contributed by atoms with Gasteiger partial charge in [0.2, 0.25) is 5.91 Å². The molecule has 1 N–H and O–H groups in total. The normalized spacial score (nSPS) is 18.9. The lowest BCUT2D eigenvalue weighted by molar-refractivity contribution is -0.120. The van der Waals surface area contributed by atoms with Crippen LogP contribution in [0.15, 0.2) is 11.4 Å². The molecule has 0 bridgehead atoms. The van der Waals surface area contributed by atoms with Gasteiger partial charge >= 0.3 is 0 Å². The van der Waals surface area contributed by atoms with Crippen molar-refractivity contribution in [3.8, 4) is 6.07 Å². The highest BCUT2D eigenvalue weighted by atomic mass is 32.2. The molecule has 0 aliphatic heterocycles. The van der Waals surface area contributed by atoms with Crippen molar-refractivity contribution < 1.29 is 4.79 Å². The van der Waals surface area contributed by atoms with Gasteiger partial charge < -0.3 is 5.32 Å². The maximum atomic E-state index is 12.5. The van der Waals surface area contributed by atoms with Crippen molar-refractivity contribution in [3.05, 3.63) is 16.8 Å². The first-order chi connectivity index (χ1) is 12.7. The molecule has 0 unspecified atom stereocenters. The van der Waals surface area contributed by atoms with Crippen molar-refractivity contribution in [2.75, 3.05) is 5.75 Å². The van der Waals surface area contributed by atoms with Crippen molar-refractivity contribution in [2.45, 2.75) is 68.4 Å². The number of thiophene rings is 1. The van der Waals surface area contributed by atoms with Crippen LogP contribution in [0.3, 0.4) is 0 Å². The van der Waals surface area contributed by atoms with Crippen molar-refractivity contribution in [2.24, 2.45) is 0 Å². The van der Waals surface area contributed by atoms with Gasteiger partial charge in [-0.1, -0.05) is 37.4 Å². The van der Waals surface area contributed by atoms with Gasteiger partial charge in [0.25, 0.3) is 0 Å². The van der Waals surface area contributed by atoms with Crippen LogP contribution in [0.4, 0.5) is 0 Å². The average Bonchev–Trinajstić information content (AvgIpc) is 3.15. The number of hydrogen-bond acceptors (Lipinski definition) is 6. The minimum absolute atomic E-state index is 0.0721. The van der Waals surface area contributed by atoms with Crippen LogP contribution in [-0.4, -0.2) is 27.2 Å². The maximum absolute atomic E-state index is 12.5. The summed E-state index contributed by atoms with van der Waals surface area (Å²) < 4.78 is 0. The smallest absolute Gasteiger partial charge is 0.231 e. The van der Waals surface area contributed by atoms with E-state index in [2.05, 4.69) is 21.4 Å². The summed E-state index contributed by atoms with van der Waals surface area (Å²) in [6.45, 7) is 0. The minimum atomic E-state index is -0.682. The van der Waals surface area contributed by atoms with Gasteiger partial charge in [0.05, 0.1) is 11.8 Å². The average molecular weight is 387 g/mol. The number of rotatable bonds is 4. The molecule has 0 aromatic carbocycles. The van der Waals surface area contributed by atoms with Gasteiger partial charge in [0, 0.05) is 10.3 Å². The van der Waals surface area contributed by atoms with E-state index in [1.54, 1.807) is 17.7 Å². The summed E-state index contributed by atoms with van der Waals surface area (Å²) in [6, 6.07) is 2.38. The molecule has 4 rings (SSSR count). The fourth-order valence-corrected chi connectivity index (χ4v) is 6.16. The largest absolute Gasteiger partial charge is 0.337 e. The molecule has 1 saturated carbocycles. The minimum Gasteiger partial charge on any atom is -0.337 e. The first-order valence-electron chi connectivity index (χ1n) is 9.31. The Hall–Kier alpha value is -1.65. The molecule has 5 nitrogen and oxygen atoms in total. The van der Waals surface area contributed by atoms with E-state index in [4.69, 9.17) is 0 Å². The molecule has 0 radical (unpaired) electrons. The van der Waals surface area contributed by atoms with Crippen molar-refractivity contribution in [3.63, 3.8) is 0 Å². The lowest BCUT2D eigenvalue weighted by Gasteiger charge is -2.26. The number of hydrogen-bond donors (Lipinski definition) is 1. The number of nitrogens with one attached hydrogen (secondary N) is 1. The molecule has 0 spiro atoms. The Morgan fingerprint density at radius 1 is 1.23 bits per heavy atom. The fourth-order valence-electron chi connectivity index (χ4n) is 4.04. The van der Waals surface area contributed by atoms with Crippen molar-refractivity contribution in [1.29, 1.82) is 5.26 Å². The molecule has 2 aromatic heterocycles. The molecule has 0 saturated heterocycles. The topological polar surface area (TPSA) is 78.7 Å². The van der Waals surface area contributed by atoms with Crippen molar-refractivity contribution >= 4 is 39.2 Å². The van der Waals surface area contributed by atoms with Gasteiger partial charge in [-0.15, -0.1) is 11.3 Å². The molecule has 2 heterocycles. The summed E-state index contributed by atoms with van der Waals surface area (Å²) in [5, 5.41) is 14.7. The third kappa shape index (κ3) is 3.45. The number of carbonyl (C=O) groups is 1. The number of aromatic nitrogens is 2. The molecule has 1 fully saturated rings. The SMILES string of the molecule is N#CC1(NC(=O)CSc2ncnc3sc4c(c23)CCC4)CCCCCC1. The van der Waals surface area contributed by atoms with Gasteiger partial charge in [-0.2, -0.15) is 5.26 Å². The van der Waals surface area contributed by atoms with Crippen LogP contribution in [-0.2, 0) is 17.6 Å². The van der Waals surface area contributed by atoms with Crippen LogP contribution in [0.1, 0.15) is 55.4 Å². The Kier molecular flexibility index (Phi) is 5.14. The maximum Gasteiger partial charge on any atom is 0.231 e. The predicted molar refractivity (Wildman–Crippen MR) is 104 cm³/mol. The molecule has 2 aliphatic carbocycles. The van der Waals surface area contributed by atoms with E-state index < -0.39 is 5.54 Å². The monoisotopic (exact) mass is 386 g/mol. The van der Waals surface area contributed by atoms with Gasteiger partial charge in [-0.3, -0.25) is 4.79 Å². The summed E-state index contributed by atoms with van der Waals surface area (Å²) in [7, 11) is 0. The number of thioether (sulfide) groups is 1. The van der Waals surface area contributed by atoms with Gasteiger partial charge in [0.15, 0.2) is 0 Å². The zero-order valence-electron chi connectivity index (χ0n) is 14.7. The Morgan fingerprint density at radius 2 is 2.04 bits per heavy atom. The highest BCUT2D eigenvalue weighted by Gasteiger charge is 2.32.